The maximum atomic E-state index is 13.0. The Morgan fingerprint density at radius 3 is 2.14 bits per heavy atom. The van der Waals surface area contributed by atoms with Gasteiger partial charge >= 0.3 is 23.9 Å². The summed E-state index contributed by atoms with van der Waals surface area (Å²) in [6.07, 6.45) is -2.99. The summed E-state index contributed by atoms with van der Waals surface area (Å²) in [5.74, 6) is -2.42. The molecule has 10 nitrogen and oxygen atoms in total. The summed E-state index contributed by atoms with van der Waals surface area (Å²) in [5, 5.41) is 0.870. The molecule has 0 amide bonds. The van der Waals surface area contributed by atoms with E-state index in [-0.39, 0.29) is 25.7 Å². The lowest BCUT2D eigenvalue weighted by atomic mass is 9.85. The van der Waals surface area contributed by atoms with Gasteiger partial charge in [-0.2, -0.15) is 0 Å². The third-order valence-corrected chi connectivity index (χ3v) is 6.13. The topological polar surface area (TPSA) is 130 Å². The zero-order valence-corrected chi connectivity index (χ0v) is 21.2. The average Bonchev–Trinajstić information content (AvgIpc) is 3.26. The highest BCUT2D eigenvalue weighted by atomic mass is 16.7. The second-order valence-electron chi connectivity index (χ2n) is 8.78. The van der Waals surface area contributed by atoms with Gasteiger partial charge in [0.15, 0.2) is 11.7 Å². The number of aromatic nitrogens is 1. The average molecular weight is 504 g/mol. The van der Waals surface area contributed by atoms with E-state index in [1.165, 1.54) is 6.92 Å². The van der Waals surface area contributed by atoms with E-state index in [9.17, 15) is 19.2 Å². The molecule has 1 N–H and O–H groups in total. The number of benzene rings is 1. The van der Waals surface area contributed by atoms with E-state index in [1.807, 2.05) is 24.3 Å². The normalized spacial score (nSPS) is 25.7. The monoisotopic (exact) mass is 503 g/mol. The minimum Gasteiger partial charge on any atom is -0.455 e. The van der Waals surface area contributed by atoms with E-state index in [1.54, 1.807) is 33.9 Å². The van der Waals surface area contributed by atoms with Crippen LogP contribution in [0.15, 0.2) is 30.5 Å². The molecule has 1 saturated heterocycles. The van der Waals surface area contributed by atoms with Crippen molar-refractivity contribution in [3.8, 4) is 0 Å². The summed E-state index contributed by atoms with van der Waals surface area (Å²) in [4.78, 5) is 53.0. The molecule has 196 valence electrons. The first-order valence-corrected chi connectivity index (χ1v) is 12.1. The van der Waals surface area contributed by atoms with Crippen LogP contribution in [0.5, 0.6) is 0 Å². The van der Waals surface area contributed by atoms with Crippen molar-refractivity contribution < 1.29 is 42.9 Å². The van der Waals surface area contributed by atoms with Crippen LogP contribution in [0.1, 0.15) is 59.4 Å². The van der Waals surface area contributed by atoms with E-state index in [4.69, 9.17) is 23.7 Å². The Kier molecular flexibility index (Phi) is 8.73. The molecular formula is C26H33NO9. The molecule has 2 heterocycles. The number of rotatable bonds is 9. The first-order valence-electron chi connectivity index (χ1n) is 12.1. The Morgan fingerprint density at radius 1 is 0.889 bits per heavy atom. The Hall–Kier alpha value is -3.40. The molecule has 0 radical (unpaired) electrons. The number of aromatic amines is 1. The summed E-state index contributed by atoms with van der Waals surface area (Å²) >= 11 is 0. The van der Waals surface area contributed by atoms with Crippen molar-refractivity contribution in [2.45, 2.75) is 90.5 Å². The lowest BCUT2D eigenvalue weighted by Crippen LogP contribution is -2.68. The standard InChI is InChI=1S/C26H33NO9/c1-6-19(28)33-23-15(4)32-25(24(34-20(29)7-2)26(23,5)36-21(30)8-3)35-22(31)13-16-14-27-18-12-10-9-11-17(16)18/h9-12,14-15,23-25,27H,6-8,13H2,1-5H3/t15-,23+,24+,25-,26-/m0/s1. The second-order valence-corrected chi connectivity index (χ2v) is 8.78. The SMILES string of the molecule is CCC(=O)O[C@@H]1[C@H](OC(=O)Cc2c[nH]c3ccccc23)O[C@@H](C)[C@@H](OC(=O)CC)[C@]1(C)OC(=O)CC. The van der Waals surface area contributed by atoms with E-state index in [2.05, 4.69) is 4.98 Å². The molecule has 0 bridgehead atoms. The van der Waals surface area contributed by atoms with Crippen LogP contribution in [0.2, 0.25) is 0 Å². The molecule has 0 spiro atoms. The van der Waals surface area contributed by atoms with Gasteiger partial charge in [-0.25, -0.2) is 0 Å². The molecule has 0 aliphatic carbocycles. The Bertz CT molecular complexity index is 1110. The van der Waals surface area contributed by atoms with Crippen molar-refractivity contribution in [3.05, 3.63) is 36.0 Å². The van der Waals surface area contributed by atoms with Gasteiger partial charge in [-0.05, 0) is 25.5 Å². The molecule has 5 atom stereocenters. The lowest BCUT2D eigenvalue weighted by molar-refractivity contribution is -0.320. The van der Waals surface area contributed by atoms with Crippen molar-refractivity contribution in [3.63, 3.8) is 0 Å². The predicted molar refractivity (Wildman–Crippen MR) is 128 cm³/mol. The smallest absolute Gasteiger partial charge is 0.312 e. The molecule has 1 aromatic heterocycles. The zero-order chi connectivity index (χ0) is 26.5. The molecule has 2 aromatic rings. The molecular weight excluding hydrogens is 470 g/mol. The maximum Gasteiger partial charge on any atom is 0.312 e. The van der Waals surface area contributed by atoms with Gasteiger partial charge in [0.2, 0.25) is 12.4 Å². The van der Waals surface area contributed by atoms with Crippen LogP contribution in [0.4, 0.5) is 0 Å². The van der Waals surface area contributed by atoms with Crippen LogP contribution < -0.4 is 0 Å². The number of nitrogens with one attached hydrogen (secondary N) is 1. The minimum atomic E-state index is -1.67. The quantitative estimate of drug-likeness (QED) is 0.404. The highest BCUT2D eigenvalue weighted by Gasteiger charge is 2.60. The molecule has 0 saturated carbocycles. The van der Waals surface area contributed by atoms with Crippen LogP contribution >= 0.6 is 0 Å². The molecule has 0 unspecified atom stereocenters. The van der Waals surface area contributed by atoms with E-state index in [0.29, 0.717) is 0 Å². The molecule has 36 heavy (non-hydrogen) atoms. The molecule has 1 fully saturated rings. The van der Waals surface area contributed by atoms with Gasteiger partial charge < -0.3 is 28.7 Å². The highest BCUT2D eigenvalue weighted by molar-refractivity contribution is 5.87. The molecule has 3 rings (SSSR count). The van der Waals surface area contributed by atoms with Crippen LogP contribution in [0.25, 0.3) is 10.9 Å². The number of fused-ring (bicyclic) bond motifs is 1. The lowest BCUT2D eigenvalue weighted by Gasteiger charge is -2.49. The molecule has 10 heteroatoms. The fourth-order valence-electron chi connectivity index (χ4n) is 4.22. The van der Waals surface area contributed by atoms with Crippen LogP contribution in [-0.2, 0) is 49.3 Å². The van der Waals surface area contributed by atoms with Crippen LogP contribution in [0, 0.1) is 0 Å². The largest absolute Gasteiger partial charge is 0.455 e. The highest BCUT2D eigenvalue weighted by Crippen LogP contribution is 2.38. The summed E-state index contributed by atoms with van der Waals surface area (Å²) in [5.41, 5.74) is -0.0831. The van der Waals surface area contributed by atoms with Crippen molar-refractivity contribution in [1.29, 1.82) is 0 Å². The summed E-state index contributed by atoms with van der Waals surface area (Å²) < 4.78 is 28.4. The minimum absolute atomic E-state index is 0.0132. The number of esters is 4. The third-order valence-electron chi connectivity index (χ3n) is 6.13. The summed E-state index contributed by atoms with van der Waals surface area (Å²) in [6, 6.07) is 7.52. The van der Waals surface area contributed by atoms with Gasteiger partial charge in [0, 0.05) is 36.4 Å². The van der Waals surface area contributed by atoms with Gasteiger partial charge in [0.1, 0.15) is 6.10 Å². The molecule has 1 aliphatic rings. The second kappa shape index (κ2) is 11.6. The van der Waals surface area contributed by atoms with Crippen LogP contribution in [-0.4, -0.2) is 59.1 Å². The zero-order valence-electron chi connectivity index (χ0n) is 21.2. The van der Waals surface area contributed by atoms with Crippen molar-refractivity contribution in [1.82, 2.24) is 4.98 Å². The van der Waals surface area contributed by atoms with Crippen molar-refractivity contribution >= 4 is 34.8 Å². The third kappa shape index (κ3) is 5.87. The number of carbonyl (C=O) groups excluding carboxylic acids is 4. The molecule has 1 aromatic carbocycles. The summed E-state index contributed by atoms with van der Waals surface area (Å²) in [6.45, 7) is 7.91. The predicted octanol–water partition coefficient (Wildman–Crippen LogP) is 3.35. The Labute approximate surface area is 209 Å². The van der Waals surface area contributed by atoms with Gasteiger partial charge in [0.25, 0.3) is 0 Å². The maximum absolute atomic E-state index is 13.0. The first-order chi connectivity index (χ1) is 17.1. The fraction of sp³-hybridized carbons (Fsp3) is 0.538. The van der Waals surface area contributed by atoms with E-state index in [0.717, 1.165) is 16.5 Å². The number of H-pyrrole nitrogens is 1. The Morgan fingerprint density at radius 2 is 1.50 bits per heavy atom. The van der Waals surface area contributed by atoms with Crippen LogP contribution in [0.3, 0.4) is 0 Å². The summed E-state index contributed by atoms with van der Waals surface area (Å²) in [7, 11) is 0. The van der Waals surface area contributed by atoms with Gasteiger partial charge in [0.05, 0.1) is 6.42 Å². The number of para-hydroxylation sites is 1. The number of hydrogen-bond acceptors (Lipinski definition) is 9. The van der Waals surface area contributed by atoms with Gasteiger partial charge in [-0.15, -0.1) is 0 Å². The van der Waals surface area contributed by atoms with E-state index < -0.39 is 54.1 Å². The van der Waals surface area contributed by atoms with Crippen molar-refractivity contribution in [2.75, 3.05) is 0 Å². The first kappa shape index (κ1) is 27.2. The number of carbonyl (C=O) groups is 4. The molecule has 1 aliphatic heterocycles. The van der Waals surface area contributed by atoms with Crippen molar-refractivity contribution in [2.24, 2.45) is 0 Å². The fourth-order valence-corrected chi connectivity index (χ4v) is 4.22. The Balaban J connectivity index is 1.92. The number of hydrogen-bond donors (Lipinski definition) is 1. The number of ether oxygens (including phenoxy) is 5. The van der Waals surface area contributed by atoms with Gasteiger partial charge in [-0.3, -0.25) is 19.2 Å². The van der Waals surface area contributed by atoms with E-state index >= 15 is 0 Å². The van der Waals surface area contributed by atoms with Gasteiger partial charge in [-0.1, -0.05) is 39.0 Å².